The lowest BCUT2D eigenvalue weighted by atomic mass is 10.1. The van der Waals surface area contributed by atoms with E-state index in [0.29, 0.717) is 24.7 Å². The number of rotatable bonds is 7. The molecule has 1 aromatic carbocycles. The first-order chi connectivity index (χ1) is 12.7. The van der Waals surface area contributed by atoms with E-state index in [1.165, 1.54) is 0 Å². The highest BCUT2D eigenvalue weighted by Gasteiger charge is 2.34. The van der Waals surface area contributed by atoms with Crippen molar-refractivity contribution < 1.29 is 19.1 Å². The average Bonchev–Trinajstić information content (AvgIpc) is 3.02. The summed E-state index contributed by atoms with van der Waals surface area (Å²) in [5.74, 6) is 0.636. The fourth-order valence-corrected chi connectivity index (χ4v) is 3.92. The van der Waals surface area contributed by atoms with Gasteiger partial charge in [0.1, 0.15) is 11.1 Å². The highest BCUT2D eigenvalue weighted by atomic mass is 32.2. The van der Waals surface area contributed by atoms with Gasteiger partial charge >= 0.3 is 5.97 Å². The van der Waals surface area contributed by atoms with Gasteiger partial charge in [0.15, 0.2) is 6.61 Å². The van der Waals surface area contributed by atoms with Gasteiger partial charge in [-0.15, -0.1) is 11.8 Å². The molecule has 0 bridgehead atoms. The highest BCUT2D eigenvalue weighted by molar-refractivity contribution is 8.00. The van der Waals surface area contributed by atoms with Crippen molar-refractivity contribution in [2.24, 2.45) is 0 Å². The van der Waals surface area contributed by atoms with Gasteiger partial charge in [-0.2, -0.15) is 0 Å². The number of benzene rings is 1. The number of para-hydroxylation sites is 1. The maximum absolute atomic E-state index is 12.4. The molecule has 0 N–H and O–H groups in total. The van der Waals surface area contributed by atoms with Gasteiger partial charge in [0.25, 0.3) is 0 Å². The Morgan fingerprint density at radius 3 is 2.85 bits per heavy atom. The van der Waals surface area contributed by atoms with Crippen molar-refractivity contribution >= 4 is 23.6 Å². The Kier molecular flexibility index (Phi) is 6.12. The largest absolute Gasteiger partial charge is 0.482 e. The lowest BCUT2D eigenvalue weighted by Gasteiger charge is -2.25. The normalized spacial score (nSPS) is 16.6. The first-order valence-electron chi connectivity index (χ1n) is 8.37. The Hall–Kier alpha value is -2.54. The van der Waals surface area contributed by atoms with Crippen LogP contribution < -0.4 is 4.74 Å². The van der Waals surface area contributed by atoms with E-state index in [0.717, 1.165) is 11.3 Å². The minimum atomic E-state index is -0.414. The number of esters is 1. The molecular formula is C19H20N2O4S. The molecule has 26 heavy (non-hydrogen) atoms. The molecule has 7 heteroatoms. The second kappa shape index (κ2) is 8.71. The van der Waals surface area contributed by atoms with E-state index in [2.05, 4.69) is 4.98 Å². The number of carbonyl (C=O) groups is 2. The van der Waals surface area contributed by atoms with E-state index in [4.69, 9.17) is 9.47 Å². The maximum atomic E-state index is 12.4. The predicted molar refractivity (Wildman–Crippen MR) is 98.6 cm³/mol. The van der Waals surface area contributed by atoms with Crippen molar-refractivity contribution in [2.75, 3.05) is 19.0 Å². The number of aromatic nitrogens is 1. The Labute approximate surface area is 156 Å². The van der Waals surface area contributed by atoms with E-state index >= 15 is 0 Å². The van der Waals surface area contributed by atoms with Gasteiger partial charge in [-0.3, -0.25) is 9.78 Å². The van der Waals surface area contributed by atoms with Gasteiger partial charge in [-0.1, -0.05) is 24.3 Å². The summed E-state index contributed by atoms with van der Waals surface area (Å²) in [6.07, 6.45) is 1.72. The molecule has 1 aliphatic rings. The predicted octanol–water partition coefficient (Wildman–Crippen LogP) is 2.80. The van der Waals surface area contributed by atoms with E-state index in [1.807, 2.05) is 36.4 Å². The maximum Gasteiger partial charge on any atom is 0.344 e. The molecule has 1 fully saturated rings. The van der Waals surface area contributed by atoms with Crippen LogP contribution in [0.1, 0.15) is 23.6 Å². The molecule has 1 unspecified atom stereocenters. The molecule has 3 rings (SSSR count). The lowest BCUT2D eigenvalue weighted by Crippen LogP contribution is -2.28. The number of amides is 1. The molecule has 6 nitrogen and oxygen atoms in total. The Balaban J connectivity index is 1.78. The number of pyridine rings is 1. The van der Waals surface area contributed by atoms with E-state index < -0.39 is 5.97 Å². The summed E-state index contributed by atoms with van der Waals surface area (Å²) in [4.78, 5) is 30.1. The number of carbonyl (C=O) groups excluding carboxylic acids is 2. The summed E-state index contributed by atoms with van der Waals surface area (Å²) in [5, 5.41) is -0.178. The van der Waals surface area contributed by atoms with Crippen LogP contribution in [0.25, 0.3) is 0 Å². The molecule has 0 saturated carbocycles. The van der Waals surface area contributed by atoms with Crippen LogP contribution >= 0.6 is 11.8 Å². The van der Waals surface area contributed by atoms with Crippen molar-refractivity contribution in [1.82, 2.24) is 9.88 Å². The number of ether oxygens (including phenoxy) is 2. The second-order valence-electron chi connectivity index (χ2n) is 5.64. The van der Waals surface area contributed by atoms with Crippen molar-refractivity contribution in [3.8, 4) is 5.75 Å². The minimum Gasteiger partial charge on any atom is -0.482 e. The standard InChI is InChI=1S/C19H20N2O4S/c1-2-24-18(23)12-25-16-9-4-3-8-15(16)19-21(17(22)13-26-19)11-14-7-5-6-10-20-14/h3-10,19H,2,11-13H2,1H3. The van der Waals surface area contributed by atoms with Gasteiger partial charge in [0, 0.05) is 11.8 Å². The van der Waals surface area contributed by atoms with Gasteiger partial charge in [0.2, 0.25) is 5.91 Å². The van der Waals surface area contributed by atoms with Crippen LogP contribution in [0.15, 0.2) is 48.7 Å². The summed E-state index contributed by atoms with van der Waals surface area (Å²) in [7, 11) is 0. The van der Waals surface area contributed by atoms with Crippen LogP contribution in [0.5, 0.6) is 5.75 Å². The third-order valence-electron chi connectivity index (χ3n) is 3.86. The van der Waals surface area contributed by atoms with E-state index in [-0.39, 0.29) is 17.9 Å². The lowest BCUT2D eigenvalue weighted by molar-refractivity contribution is -0.145. The monoisotopic (exact) mass is 372 g/mol. The van der Waals surface area contributed by atoms with Crippen molar-refractivity contribution in [2.45, 2.75) is 18.8 Å². The zero-order valence-corrected chi connectivity index (χ0v) is 15.3. The summed E-state index contributed by atoms with van der Waals surface area (Å²) >= 11 is 1.54. The first-order valence-corrected chi connectivity index (χ1v) is 9.42. The van der Waals surface area contributed by atoms with Crippen LogP contribution in [0.2, 0.25) is 0 Å². The van der Waals surface area contributed by atoms with Crippen molar-refractivity contribution in [3.05, 3.63) is 59.9 Å². The molecule has 1 atom stereocenters. The number of nitrogens with zero attached hydrogens (tertiary/aromatic N) is 2. The molecular weight excluding hydrogens is 352 g/mol. The third kappa shape index (κ3) is 4.35. The zero-order valence-electron chi connectivity index (χ0n) is 14.5. The zero-order chi connectivity index (χ0) is 18.4. The smallest absolute Gasteiger partial charge is 0.344 e. The van der Waals surface area contributed by atoms with Gasteiger partial charge in [0.05, 0.1) is 24.6 Å². The molecule has 2 aromatic rings. The molecule has 0 aliphatic carbocycles. The molecule has 1 aliphatic heterocycles. The summed E-state index contributed by atoms with van der Waals surface area (Å²) in [5.41, 5.74) is 1.70. The van der Waals surface area contributed by atoms with Crippen LogP contribution in [-0.2, 0) is 20.9 Å². The molecule has 2 heterocycles. The molecule has 1 aromatic heterocycles. The van der Waals surface area contributed by atoms with Gasteiger partial charge in [-0.05, 0) is 25.1 Å². The van der Waals surface area contributed by atoms with Crippen LogP contribution in [0.3, 0.4) is 0 Å². The van der Waals surface area contributed by atoms with E-state index in [1.54, 1.807) is 35.8 Å². The minimum absolute atomic E-state index is 0.0610. The fourth-order valence-electron chi connectivity index (χ4n) is 2.70. The SMILES string of the molecule is CCOC(=O)COc1ccccc1C1SCC(=O)N1Cc1ccccn1. The summed E-state index contributed by atoms with van der Waals surface area (Å²) < 4.78 is 10.6. The highest BCUT2D eigenvalue weighted by Crippen LogP contribution is 2.43. The Morgan fingerprint density at radius 2 is 2.08 bits per heavy atom. The number of thioether (sulfide) groups is 1. The van der Waals surface area contributed by atoms with Crippen LogP contribution in [0.4, 0.5) is 0 Å². The van der Waals surface area contributed by atoms with Crippen molar-refractivity contribution in [1.29, 1.82) is 0 Å². The van der Waals surface area contributed by atoms with E-state index in [9.17, 15) is 9.59 Å². The molecule has 1 saturated heterocycles. The number of hydrogen-bond acceptors (Lipinski definition) is 6. The molecule has 1 amide bonds. The molecule has 0 spiro atoms. The fraction of sp³-hybridized carbons (Fsp3) is 0.316. The first kappa shape index (κ1) is 18.3. The molecule has 136 valence electrons. The quantitative estimate of drug-likeness (QED) is 0.696. The number of hydrogen-bond donors (Lipinski definition) is 0. The molecule has 0 radical (unpaired) electrons. The van der Waals surface area contributed by atoms with Gasteiger partial charge in [-0.25, -0.2) is 4.79 Å². The third-order valence-corrected chi connectivity index (χ3v) is 5.10. The average molecular weight is 372 g/mol. The Bertz CT molecular complexity index is 769. The Morgan fingerprint density at radius 1 is 1.27 bits per heavy atom. The van der Waals surface area contributed by atoms with Gasteiger partial charge < -0.3 is 14.4 Å². The second-order valence-corrected chi connectivity index (χ2v) is 6.71. The topological polar surface area (TPSA) is 68.7 Å². The van der Waals surface area contributed by atoms with Crippen LogP contribution in [-0.4, -0.2) is 40.7 Å². The van der Waals surface area contributed by atoms with Crippen molar-refractivity contribution in [3.63, 3.8) is 0 Å². The summed E-state index contributed by atoms with van der Waals surface area (Å²) in [6, 6.07) is 13.1. The summed E-state index contributed by atoms with van der Waals surface area (Å²) in [6.45, 7) is 2.34. The van der Waals surface area contributed by atoms with Crippen LogP contribution in [0, 0.1) is 0 Å².